The van der Waals surface area contributed by atoms with Crippen LogP contribution in [-0.2, 0) is 11.4 Å². The topological polar surface area (TPSA) is 113 Å². The largest absolute Gasteiger partial charge is 0.491 e. The van der Waals surface area contributed by atoms with Gasteiger partial charge in [0.2, 0.25) is 5.91 Å². The summed E-state index contributed by atoms with van der Waals surface area (Å²) in [5, 5.41) is 13.9. The highest BCUT2D eigenvalue weighted by Gasteiger charge is 2.29. The van der Waals surface area contributed by atoms with Crippen molar-refractivity contribution in [2.75, 3.05) is 45.2 Å². The molecule has 0 aliphatic carbocycles. The number of nitrogens with zero attached hydrogens (tertiary/aromatic N) is 5. The van der Waals surface area contributed by atoms with E-state index >= 15 is 0 Å². The molecule has 0 unspecified atom stereocenters. The predicted octanol–water partition coefficient (Wildman–Crippen LogP) is 3.51. The molecule has 5 rings (SSSR count). The maximum absolute atomic E-state index is 12.3. The van der Waals surface area contributed by atoms with Crippen LogP contribution >= 0.6 is 11.6 Å². The van der Waals surface area contributed by atoms with Gasteiger partial charge in [0.25, 0.3) is 0 Å². The van der Waals surface area contributed by atoms with Gasteiger partial charge < -0.3 is 29.7 Å². The summed E-state index contributed by atoms with van der Waals surface area (Å²) in [6.07, 6.45) is 3.20. The SMILES string of the molecule is CN1CCN(C(=O)CO)[C@@H](COc2cccc3ncnc(Nc4ccc(OCc5ccccn5)c(Cl)c4)c23)C1. The number of rotatable bonds is 9. The molecule has 1 saturated heterocycles. The number of halogens is 1. The molecule has 1 amide bonds. The molecule has 0 bridgehead atoms. The molecule has 39 heavy (non-hydrogen) atoms. The third kappa shape index (κ3) is 6.36. The quantitative estimate of drug-likeness (QED) is 0.324. The third-order valence-corrected chi connectivity index (χ3v) is 6.79. The van der Waals surface area contributed by atoms with Crippen molar-refractivity contribution in [3.8, 4) is 11.5 Å². The van der Waals surface area contributed by atoms with Crippen molar-refractivity contribution in [1.29, 1.82) is 0 Å². The maximum atomic E-state index is 12.3. The summed E-state index contributed by atoms with van der Waals surface area (Å²) in [5.41, 5.74) is 2.23. The summed E-state index contributed by atoms with van der Waals surface area (Å²) in [6, 6.07) is 16.5. The average Bonchev–Trinajstić information content (AvgIpc) is 2.96. The van der Waals surface area contributed by atoms with Gasteiger partial charge in [-0.15, -0.1) is 0 Å². The summed E-state index contributed by atoms with van der Waals surface area (Å²) < 4.78 is 12.1. The Hall–Kier alpha value is -3.99. The van der Waals surface area contributed by atoms with Gasteiger partial charge in [0.05, 0.1) is 27.7 Å². The second-order valence-corrected chi connectivity index (χ2v) is 9.63. The minimum atomic E-state index is -0.522. The lowest BCUT2D eigenvalue weighted by atomic mass is 10.1. The Morgan fingerprint density at radius 1 is 1.08 bits per heavy atom. The van der Waals surface area contributed by atoms with Crippen LogP contribution in [-0.4, -0.2) is 81.7 Å². The first-order chi connectivity index (χ1) is 19.0. The highest BCUT2D eigenvalue weighted by molar-refractivity contribution is 6.32. The Bertz CT molecular complexity index is 1440. The van der Waals surface area contributed by atoms with Crippen molar-refractivity contribution in [3.05, 3.63) is 77.8 Å². The fourth-order valence-corrected chi connectivity index (χ4v) is 4.75. The van der Waals surface area contributed by atoms with Crippen LogP contribution in [0.2, 0.25) is 5.02 Å². The highest BCUT2D eigenvalue weighted by atomic mass is 35.5. The number of carbonyl (C=O) groups is 1. The van der Waals surface area contributed by atoms with Crippen LogP contribution in [0.1, 0.15) is 5.69 Å². The average molecular weight is 549 g/mol. The number of piperazine rings is 1. The van der Waals surface area contributed by atoms with Crippen molar-refractivity contribution >= 4 is 39.9 Å². The molecule has 0 radical (unpaired) electrons. The third-order valence-electron chi connectivity index (χ3n) is 6.49. The number of aliphatic hydroxyl groups excluding tert-OH is 1. The van der Waals surface area contributed by atoms with Crippen LogP contribution in [0.3, 0.4) is 0 Å². The minimum absolute atomic E-state index is 0.197. The molecular formula is C28H29ClN6O4. The maximum Gasteiger partial charge on any atom is 0.248 e. The number of nitrogens with one attached hydrogen (secondary N) is 1. The first kappa shape index (κ1) is 26.6. The van der Waals surface area contributed by atoms with E-state index in [1.807, 2.05) is 49.5 Å². The van der Waals surface area contributed by atoms with Crippen LogP contribution in [0.5, 0.6) is 11.5 Å². The van der Waals surface area contributed by atoms with Gasteiger partial charge in [0.15, 0.2) is 0 Å². The lowest BCUT2D eigenvalue weighted by Crippen LogP contribution is -2.56. The lowest BCUT2D eigenvalue weighted by Gasteiger charge is -2.39. The van der Waals surface area contributed by atoms with Gasteiger partial charge in [-0.1, -0.05) is 23.7 Å². The van der Waals surface area contributed by atoms with E-state index in [-0.39, 0.29) is 18.6 Å². The number of pyridine rings is 1. The highest BCUT2D eigenvalue weighted by Crippen LogP contribution is 2.34. The molecule has 4 aromatic rings. The Morgan fingerprint density at radius 3 is 2.77 bits per heavy atom. The summed E-state index contributed by atoms with van der Waals surface area (Å²) >= 11 is 6.51. The monoisotopic (exact) mass is 548 g/mol. The fraction of sp³-hybridized carbons (Fsp3) is 0.286. The van der Waals surface area contributed by atoms with Gasteiger partial charge in [-0.05, 0) is 49.5 Å². The molecule has 2 aromatic heterocycles. The van der Waals surface area contributed by atoms with E-state index in [1.54, 1.807) is 23.2 Å². The molecule has 202 valence electrons. The first-order valence-electron chi connectivity index (χ1n) is 12.6. The van der Waals surface area contributed by atoms with Gasteiger partial charge >= 0.3 is 0 Å². The number of aliphatic hydroxyl groups is 1. The molecule has 1 aliphatic heterocycles. The number of ether oxygens (including phenoxy) is 2. The Morgan fingerprint density at radius 2 is 1.97 bits per heavy atom. The zero-order valence-electron chi connectivity index (χ0n) is 21.5. The second kappa shape index (κ2) is 12.2. The van der Waals surface area contributed by atoms with Gasteiger partial charge in [-0.2, -0.15) is 0 Å². The summed E-state index contributed by atoms with van der Waals surface area (Å²) in [6.45, 7) is 1.98. The number of amides is 1. The van der Waals surface area contributed by atoms with E-state index in [9.17, 15) is 9.90 Å². The number of anilines is 2. The van der Waals surface area contributed by atoms with Crippen molar-refractivity contribution in [3.63, 3.8) is 0 Å². The van der Waals surface area contributed by atoms with E-state index in [1.165, 1.54) is 6.33 Å². The van der Waals surface area contributed by atoms with Gasteiger partial charge in [0.1, 0.15) is 43.5 Å². The molecule has 2 N–H and O–H groups in total. The van der Waals surface area contributed by atoms with E-state index in [4.69, 9.17) is 21.1 Å². The molecule has 1 atom stereocenters. The van der Waals surface area contributed by atoms with Crippen LogP contribution < -0.4 is 14.8 Å². The van der Waals surface area contributed by atoms with Crippen molar-refractivity contribution in [2.24, 2.45) is 0 Å². The van der Waals surface area contributed by atoms with Gasteiger partial charge in [-0.3, -0.25) is 9.78 Å². The van der Waals surface area contributed by atoms with Crippen LogP contribution in [0.4, 0.5) is 11.5 Å². The Balaban J connectivity index is 1.34. The molecule has 11 heteroatoms. The van der Waals surface area contributed by atoms with E-state index in [2.05, 4.69) is 25.2 Å². The zero-order valence-corrected chi connectivity index (χ0v) is 22.2. The number of carbonyl (C=O) groups excluding carboxylic acids is 1. The van der Waals surface area contributed by atoms with Crippen LogP contribution in [0, 0.1) is 0 Å². The number of benzene rings is 2. The predicted molar refractivity (Wildman–Crippen MR) is 148 cm³/mol. The first-order valence-corrected chi connectivity index (χ1v) is 12.9. The molecule has 0 saturated carbocycles. The van der Waals surface area contributed by atoms with E-state index in [0.717, 1.165) is 12.2 Å². The van der Waals surface area contributed by atoms with Crippen molar-refractivity contribution < 1.29 is 19.4 Å². The second-order valence-electron chi connectivity index (χ2n) is 9.22. The molecule has 0 spiro atoms. The van der Waals surface area contributed by atoms with Gasteiger partial charge in [0, 0.05) is 31.5 Å². The normalized spacial score (nSPS) is 15.8. The van der Waals surface area contributed by atoms with Crippen molar-refractivity contribution in [1.82, 2.24) is 24.8 Å². The summed E-state index contributed by atoms with van der Waals surface area (Å²) in [5.74, 6) is 1.38. The minimum Gasteiger partial charge on any atom is -0.491 e. The smallest absolute Gasteiger partial charge is 0.248 e. The molecule has 3 heterocycles. The molecule has 2 aromatic carbocycles. The number of fused-ring (bicyclic) bond motifs is 1. The molecule has 1 aliphatic rings. The zero-order chi connectivity index (χ0) is 27.2. The number of likely N-dealkylation sites (N-methyl/N-ethyl adjacent to an activating group) is 1. The fourth-order valence-electron chi connectivity index (χ4n) is 4.52. The Labute approximate surface area is 231 Å². The van der Waals surface area contributed by atoms with Crippen LogP contribution in [0.25, 0.3) is 10.9 Å². The number of hydrogen-bond donors (Lipinski definition) is 2. The van der Waals surface area contributed by atoms with E-state index < -0.39 is 6.61 Å². The molecule has 1 fully saturated rings. The van der Waals surface area contributed by atoms with Crippen molar-refractivity contribution in [2.45, 2.75) is 12.6 Å². The summed E-state index contributed by atoms with van der Waals surface area (Å²) in [4.78, 5) is 29.2. The standard InChI is InChI=1S/C28H29ClN6O4/c1-34-11-12-35(26(37)15-36)21(14-34)17-39-25-7-4-6-23-27(25)28(32-18-31-23)33-19-8-9-24(22(29)13-19)38-16-20-5-2-3-10-30-20/h2-10,13,18,21,36H,11-12,14-17H2,1H3,(H,31,32,33)/t21-/m1/s1. The lowest BCUT2D eigenvalue weighted by molar-refractivity contribution is -0.139. The number of hydrogen-bond acceptors (Lipinski definition) is 9. The number of aromatic nitrogens is 3. The van der Waals surface area contributed by atoms with Gasteiger partial charge in [-0.25, -0.2) is 9.97 Å². The summed E-state index contributed by atoms with van der Waals surface area (Å²) in [7, 11) is 2.00. The van der Waals surface area contributed by atoms with Crippen LogP contribution in [0.15, 0.2) is 67.1 Å². The van der Waals surface area contributed by atoms with E-state index in [0.29, 0.717) is 58.6 Å². The molecular weight excluding hydrogens is 520 g/mol. The molecule has 10 nitrogen and oxygen atoms in total. The Kier molecular flexibility index (Phi) is 8.36.